The predicted molar refractivity (Wildman–Crippen MR) is 49.7 cm³/mol. The zero-order chi connectivity index (χ0) is 9.84. The van der Waals surface area contributed by atoms with Gasteiger partial charge in [0.1, 0.15) is 5.56 Å². The van der Waals surface area contributed by atoms with Gasteiger partial charge in [-0.25, -0.2) is 0 Å². The van der Waals surface area contributed by atoms with Crippen molar-refractivity contribution < 1.29 is 4.79 Å². The molecule has 70 valence electrons. The molecule has 1 aromatic rings. The summed E-state index contributed by atoms with van der Waals surface area (Å²) in [6.07, 6.45) is 1.49. The number of aromatic nitrogens is 1. The van der Waals surface area contributed by atoms with E-state index in [0.29, 0.717) is 0 Å². The second-order valence-corrected chi connectivity index (χ2v) is 3.04. The molecule has 0 radical (unpaired) electrons. The zero-order valence-electron chi connectivity index (χ0n) is 7.63. The molecule has 0 unspecified atom stereocenters. The van der Waals surface area contributed by atoms with Gasteiger partial charge in [-0.3, -0.25) is 9.59 Å². The van der Waals surface area contributed by atoms with Crippen LogP contribution in [0.15, 0.2) is 23.1 Å². The molecule has 0 bridgehead atoms. The van der Waals surface area contributed by atoms with Crippen LogP contribution in [0.3, 0.4) is 0 Å². The van der Waals surface area contributed by atoms with Gasteiger partial charge in [-0.2, -0.15) is 0 Å². The van der Waals surface area contributed by atoms with Crippen molar-refractivity contribution in [2.45, 2.75) is 19.9 Å². The highest BCUT2D eigenvalue weighted by Crippen LogP contribution is 1.90. The highest BCUT2D eigenvalue weighted by molar-refractivity contribution is 5.93. The first-order valence-corrected chi connectivity index (χ1v) is 4.10. The molecular weight excluding hydrogens is 168 g/mol. The van der Waals surface area contributed by atoms with Crippen LogP contribution in [0.25, 0.3) is 0 Å². The highest BCUT2D eigenvalue weighted by atomic mass is 16.2. The molecular formula is C9H12N2O2. The van der Waals surface area contributed by atoms with Gasteiger partial charge in [-0.15, -0.1) is 0 Å². The number of hydrogen-bond donors (Lipinski definition) is 2. The Bertz CT molecular complexity index is 355. The van der Waals surface area contributed by atoms with Crippen LogP contribution in [0, 0.1) is 0 Å². The van der Waals surface area contributed by atoms with Gasteiger partial charge in [0.05, 0.1) is 0 Å². The topological polar surface area (TPSA) is 62.0 Å². The summed E-state index contributed by atoms with van der Waals surface area (Å²) in [6.45, 7) is 3.68. The van der Waals surface area contributed by atoms with Gasteiger partial charge in [0.2, 0.25) is 0 Å². The summed E-state index contributed by atoms with van der Waals surface area (Å²) in [4.78, 5) is 24.9. The molecule has 4 heteroatoms. The first-order chi connectivity index (χ1) is 6.11. The van der Waals surface area contributed by atoms with Crippen molar-refractivity contribution in [3.8, 4) is 0 Å². The van der Waals surface area contributed by atoms with E-state index in [1.807, 2.05) is 13.8 Å². The summed E-state index contributed by atoms with van der Waals surface area (Å²) in [6, 6.07) is 3.15. The van der Waals surface area contributed by atoms with Gasteiger partial charge < -0.3 is 10.3 Å². The van der Waals surface area contributed by atoms with Gasteiger partial charge in [-0.05, 0) is 26.0 Å². The minimum atomic E-state index is -0.361. The summed E-state index contributed by atoms with van der Waals surface area (Å²) >= 11 is 0. The number of H-pyrrole nitrogens is 1. The number of pyridine rings is 1. The maximum atomic E-state index is 11.3. The van der Waals surface area contributed by atoms with E-state index in [4.69, 9.17) is 0 Å². The van der Waals surface area contributed by atoms with Crippen LogP contribution in [0.2, 0.25) is 0 Å². The van der Waals surface area contributed by atoms with Crippen LogP contribution >= 0.6 is 0 Å². The fourth-order valence-corrected chi connectivity index (χ4v) is 0.940. The predicted octanol–water partition coefficient (Wildman–Crippen LogP) is 0.513. The second kappa shape index (κ2) is 3.89. The van der Waals surface area contributed by atoms with E-state index in [9.17, 15) is 9.59 Å². The van der Waals surface area contributed by atoms with E-state index < -0.39 is 0 Å². The quantitative estimate of drug-likeness (QED) is 0.696. The molecule has 0 aliphatic heterocycles. The standard InChI is InChI=1S/C9H12N2O2/c1-6(2)11-9(13)7-4-3-5-10-8(7)12/h3-6H,1-2H3,(H,10,12)(H,11,13). The minimum absolute atomic E-state index is 0.0344. The van der Waals surface area contributed by atoms with Crippen molar-refractivity contribution in [3.63, 3.8) is 0 Å². The molecule has 0 saturated heterocycles. The van der Waals surface area contributed by atoms with Gasteiger partial charge in [-0.1, -0.05) is 0 Å². The van der Waals surface area contributed by atoms with Gasteiger partial charge in [0, 0.05) is 12.2 Å². The maximum Gasteiger partial charge on any atom is 0.260 e. The van der Waals surface area contributed by atoms with Crippen molar-refractivity contribution >= 4 is 5.91 Å². The molecule has 1 rings (SSSR count). The third-order valence-electron chi connectivity index (χ3n) is 1.48. The number of rotatable bonds is 2. The average Bonchev–Trinajstić information content (AvgIpc) is 2.03. The lowest BCUT2D eigenvalue weighted by Gasteiger charge is -2.06. The molecule has 0 aliphatic carbocycles. The van der Waals surface area contributed by atoms with Crippen molar-refractivity contribution in [2.75, 3.05) is 0 Å². The lowest BCUT2D eigenvalue weighted by Crippen LogP contribution is -2.33. The van der Waals surface area contributed by atoms with Crippen LogP contribution in [0.5, 0.6) is 0 Å². The van der Waals surface area contributed by atoms with E-state index in [-0.39, 0.29) is 23.1 Å². The van der Waals surface area contributed by atoms with Crippen molar-refractivity contribution in [1.29, 1.82) is 0 Å². The number of carbonyl (C=O) groups is 1. The molecule has 1 amide bonds. The maximum absolute atomic E-state index is 11.3. The SMILES string of the molecule is CC(C)NC(=O)c1ccc[nH]c1=O. The zero-order valence-corrected chi connectivity index (χ0v) is 7.63. The van der Waals surface area contributed by atoms with E-state index in [0.717, 1.165) is 0 Å². The van der Waals surface area contributed by atoms with Crippen LogP contribution in [0.1, 0.15) is 24.2 Å². The lowest BCUT2D eigenvalue weighted by atomic mass is 10.2. The highest BCUT2D eigenvalue weighted by Gasteiger charge is 2.09. The number of carbonyl (C=O) groups excluding carboxylic acids is 1. The molecule has 0 saturated carbocycles. The molecule has 13 heavy (non-hydrogen) atoms. The number of hydrogen-bond acceptors (Lipinski definition) is 2. The number of nitrogens with one attached hydrogen (secondary N) is 2. The number of amides is 1. The molecule has 1 aromatic heterocycles. The Hall–Kier alpha value is -1.58. The molecule has 0 aromatic carbocycles. The van der Waals surface area contributed by atoms with Gasteiger partial charge in [0.25, 0.3) is 11.5 Å². The molecule has 2 N–H and O–H groups in total. The lowest BCUT2D eigenvalue weighted by molar-refractivity contribution is 0.0941. The van der Waals surface area contributed by atoms with Crippen molar-refractivity contribution in [2.24, 2.45) is 0 Å². The van der Waals surface area contributed by atoms with Crippen molar-refractivity contribution in [1.82, 2.24) is 10.3 Å². The molecule has 4 nitrogen and oxygen atoms in total. The Kier molecular flexibility index (Phi) is 2.84. The second-order valence-electron chi connectivity index (χ2n) is 3.04. The Balaban J connectivity index is 2.90. The molecule has 0 atom stereocenters. The largest absolute Gasteiger partial charge is 0.350 e. The first kappa shape index (κ1) is 9.51. The monoisotopic (exact) mass is 180 g/mol. The Morgan fingerprint density at radius 1 is 1.54 bits per heavy atom. The normalized spacial score (nSPS) is 10.1. The third-order valence-corrected chi connectivity index (χ3v) is 1.48. The van der Waals surface area contributed by atoms with E-state index in [2.05, 4.69) is 10.3 Å². The smallest absolute Gasteiger partial charge is 0.260 e. The summed E-state index contributed by atoms with van der Waals surface area (Å²) < 4.78 is 0. The van der Waals surface area contributed by atoms with Crippen LogP contribution in [0.4, 0.5) is 0 Å². The Morgan fingerprint density at radius 3 is 2.77 bits per heavy atom. The average molecular weight is 180 g/mol. The Labute approximate surface area is 76.0 Å². The van der Waals surface area contributed by atoms with Crippen molar-refractivity contribution in [3.05, 3.63) is 34.2 Å². The summed E-state index contributed by atoms with van der Waals surface area (Å²) in [7, 11) is 0. The molecule has 0 aliphatic rings. The van der Waals surface area contributed by atoms with Gasteiger partial charge >= 0.3 is 0 Å². The van der Waals surface area contributed by atoms with Gasteiger partial charge in [0.15, 0.2) is 0 Å². The van der Waals surface area contributed by atoms with E-state index in [1.165, 1.54) is 12.3 Å². The van der Waals surface area contributed by atoms with Crippen LogP contribution in [-0.2, 0) is 0 Å². The molecule has 0 spiro atoms. The summed E-state index contributed by atoms with van der Waals surface area (Å²) in [5.41, 5.74) is -0.211. The summed E-state index contributed by atoms with van der Waals surface area (Å²) in [5.74, 6) is -0.336. The fraction of sp³-hybridized carbons (Fsp3) is 0.333. The summed E-state index contributed by atoms with van der Waals surface area (Å²) in [5, 5.41) is 2.64. The number of aromatic amines is 1. The fourth-order valence-electron chi connectivity index (χ4n) is 0.940. The van der Waals surface area contributed by atoms with Crippen LogP contribution < -0.4 is 10.9 Å². The van der Waals surface area contributed by atoms with E-state index >= 15 is 0 Å². The Morgan fingerprint density at radius 2 is 2.23 bits per heavy atom. The third kappa shape index (κ3) is 2.43. The van der Waals surface area contributed by atoms with E-state index in [1.54, 1.807) is 6.07 Å². The molecule has 0 fully saturated rings. The minimum Gasteiger partial charge on any atom is -0.350 e. The molecule has 1 heterocycles. The first-order valence-electron chi connectivity index (χ1n) is 4.10. The van der Waals surface area contributed by atoms with Crippen LogP contribution in [-0.4, -0.2) is 16.9 Å².